The summed E-state index contributed by atoms with van der Waals surface area (Å²) in [7, 11) is -4.03. The summed E-state index contributed by atoms with van der Waals surface area (Å²) in [6, 6.07) is 22.7. The standard InChI is InChI=1S/C26H26N4O3S/c1-19-9-8-13-22(17-19)30-16-15-27-25(30)23(18-21-11-4-3-5-12-21)28-26(31)29-34(32,33)24-14-7-6-10-20(24)2/h3-17,23H,18H2,1-2H3,(H2,28,29,31)/t23-/m0/s1. The number of aryl methyl sites for hydroxylation is 2. The second kappa shape index (κ2) is 9.93. The zero-order chi connectivity index (χ0) is 24.1. The molecule has 0 unspecified atom stereocenters. The fourth-order valence-electron chi connectivity index (χ4n) is 3.85. The third kappa shape index (κ3) is 5.35. The predicted octanol–water partition coefficient (Wildman–Crippen LogP) is 4.46. The average Bonchev–Trinajstić information content (AvgIpc) is 3.29. The largest absolute Gasteiger partial charge is 0.329 e. The van der Waals surface area contributed by atoms with E-state index in [1.54, 1.807) is 31.3 Å². The van der Waals surface area contributed by atoms with E-state index in [0.717, 1.165) is 16.8 Å². The van der Waals surface area contributed by atoms with Crippen LogP contribution in [0.4, 0.5) is 4.79 Å². The Balaban J connectivity index is 1.64. The van der Waals surface area contributed by atoms with Gasteiger partial charge in [0.15, 0.2) is 0 Å². The summed E-state index contributed by atoms with van der Waals surface area (Å²) >= 11 is 0. The maximum absolute atomic E-state index is 12.9. The summed E-state index contributed by atoms with van der Waals surface area (Å²) in [5.74, 6) is 0.595. The summed E-state index contributed by atoms with van der Waals surface area (Å²) in [6.07, 6.45) is 3.92. The van der Waals surface area contributed by atoms with Crippen LogP contribution in [-0.2, 0) is 16.4 Å². The van der Waals surface area contributed by atoms with Crippen LogP contribution in [0.25, 0.3) is 5.69 Å². The molecule has 34 heavy (non-hydrogen) atoms. The monoisotopic (exact) mass is 474 g/mol. The Kier molecular flexibility index (Phi) is 6.79. The molecular formula is C26H26N4O3S. The number of sulfonamides is 1. The number of carbonyl (C=O) groups excluding carboxylic acids is 1. The lowest BCUT2D eigenvalue weighted by molar-refractivity contribution is 0.241. The number of carbonyl (C=O) groups is 1. The van der Waals surface area contributed by atoms with Gasteiger partial charge < -0.3 is 9.88 Å². The third-order valence-corrected chi connectivity index (χ3v) is 6.95. The van der Waals surface area contributed by atoms with Gasteiger partial charge in [-0.2, -0.15) is 0 Å². The van der Waals surface area contributed by atoms with Crippen LogP contribution in [0.2, 0.25) is 0 Å². The van der Waals surface area contributed by atoms with Gasteiger partial charge >= 0.3 is 6.03 Å². The van der Waals surface area contributed by atoms with Crippen molar-refractivity contribution in [3.05, 3.63) is 114 Å². The molecule has 1 atom stereocenters. The van der Waals surface area contributed by atoms with Crippen LogP contribution in [0.3, 0.4) is 0 Å². The summed E-state index contributed by atoms with van der Waals surface area (Å²) in [4.78, 5) is 17.5. The van der Waals surface area contributed by atoms with Crippen LogP contribution in [0.1, 0.15) is 28.6 Å². The number of rotatable bonds is 7. The Bertz CT molecular complexity index is 1400. The van der Waals surface area contributed by atoms with Crippen molar-refractivity contribution in [2.24, 2.45) is 0 Å². The molecule has 2 amide bonds. The number of benzene rings is 3. The molecule has 0 bridgehead atoms. The molecule has 0 aliphatic rings. The summed E-state index contributed by atoms with van der Waals surface area (Å²) in [5, 5.41) is 2.83. The number of nitrogens with one attached hydrogen (secondary N) is 2. The molecule has 3 aromatic carbocycles. The van der Waals surface area contributed by atoms with Crippen LogP contribution >= 0.6 is 0 Å². The number of aromatic nitrogens is 2. The molecule has 0 aliphatic carbocycles. The molecule has 0 saturated carbocycles. The Hall–Kier alpha value is -3.91. The van der Waals surface area contributed by atoms with Crippen molar-refractivity contribution in [1.82, 2.24) is 19.6 Å². The first-order valence-corrected chi connectivity index (χ1v) is 12.3. The molecule has 8 heteroatoms. The van der Waals surface area contributed by atoms with Gasteiger partial charge in [-0.25, -0.2) is 22.9 Å². The number of hydrogen-bond acceptors (Lipinski definition) is 4. The summed E-state index contributed by atoms with van der Waals surface area (Å²) in [6.45, 7) is 3.69. The lowest BCUT2D eigenvalue weighted by Gasteiger charge is -2.21. The van der Waals surface area contributed by atoms with Gasteiger partial charge in [-0.3, -0.25) is 0 Å². The minimum absolute atomic E-state index is 0.0611. The van der Waals surface area contributed by atoms with Gasteiger partial charge in [0.05, 0.1) is 10.9 Å². The van der Waals surface area contributed by atoms with Crippen LogP contribution in [0.5, 0.6) is 0 Å². The normalized spacial score (nSPS) is 12.2. The van der Waals surface area contributed by atoms with E-state index in [9.17, 15) is 13.2 Å². The fraction of sp³-hybridized carbons (Fsp3) is 0.154. The number of amides is 2. The first kappa shape index (κ1) is 23.3. The van der Waals surface area contributed by atoms with Gasteiger partial charge in [-0.05, 0) is 55.2 Å². The highest BCUT2D eigenvalue weighted by molar-refractivity contribution is 7.90. The van der Waals surface area contributed by atoms with E-state index in [1.807, 2.05) is 72.3 Å². The molecule has 1 aromatic heterocycles. The Morgan fingerprint density at radius 1 is 0.971 bits per heavy atom. The molecule has 0 spiro atoms. The van der Waals surface area contributed by atoms with Crippen molar-refractivity contribution in [1.29, 1.82) is 0 Å². The SMILES string of the molecule is Cc1cccc(-n2ccnc2[C@H](Cc2ccccc2)NC(=O)NS(=O)(=O)c2ccccc2C)c1. The van der Waals surface area contributed by atoms with Crippen LogP contribution in [0.15, 0.2) is 96.2 Å². The smallest absolute Gasteiger partial charge is 0.327 e. The maximum Gasteiger partial charge on any atom is 0.329 e. The second-order valence-electron chi connectivity index (χ2n) is 8.08. The minimum atomic E-state index is -4.03. The molecule has 0 saturated heterocycles. The van der Waals surface area contributed by atoms with Gasteiger partial charge in [-0.1, -0.05) is 60.7 Å². The van der Waals surface area contributed by atoms with E-state index in [0.29, 0.717) is 17.8 Å². The van der Waals surface area contributed by atoms with E-state index in [1.165, 1.54) is 6.07 Å². The molecule has 0 radical (unpaired) electrons. The highest BCUT2D eigenvalue weighted by Crippen LogP contribution is 2.22. The van der Waals surface area contributed by atoms with Crippen LogP contribution in [-0.4, -0.2) is 24.0 Å². The highest BCUT2D eigenvalue weighted by atomic mass is 32.2. The maximum atomic E-state index is 12.9. The summed E-state index contributed by atoms with van der Waals surface area (Å²) < 4.78 is 29.7. The average molecular weight is 475 g/mol. The number of imidazole rings is 1. The van der Waals surface area contributed by atoms with Crippen molar-refractivity contribution in [3.8, 4) is 5.69 Å². The molecule has 4 rings (SSSR count). The Morgan fingerprint density at radius 2 is 1.71 bits per heavy atom. The van der Waals surface area contributed by atoms with Crippen molar-refractivity contribution in [2.75, 3.05) is 0 Å². The minimum Gasteiger partial charge on any atom is -0.327 e. The van der Waals surface area contributed by atoms with Crippen molar-refractivity contribution >= 4 is 16.1 Å². The first-order valence-electron chi connectivity index (χ1n) is 10.9. The van der Waals surface area contributed by atoms with E-state index in [2.05, 4.69) is 15.0 Å². The molecule has 7 nitrogen and oxygen atoms in total. The van der Waals surface area contributed by atoms with Crippen LogP contribution < -0.4 is 10.0 Å². The van der Waals surface area contributed by atoms with Gasteiger partial charge in [0.1, 0.15) is 5.82 Å². The fourth-order valence-corrected chi connectivity index (χ4v) is 5.01. The molecule has 0 aliphatic heterocycles. The predicted molar refractivity (Wildman–Crippen MR) is 131 cm³/mol. The van der Waals surface area contributed by atoms with Gasteiger partial charge in [0.2, 0.25) is 0 Å². The number of nitrogens with zero attached hydrogens (tertiary/aromatic N) is 2. The molecule has 0 fully saturated rings. The van der Waals surface area contributed by atoms with Crippen LogP contribution in [0, 0.1) is 13.8 Å². The number of hydrogen-bond donors (Lipinski definition) is 2. The van der Waals surface area contributed by atoms with Crippen molar-refractivity contribution < 1.29 is 13.2 Å². The Labute approximate surface area is 199 Å². The first-order chi connectivity index (χ1) is 16.3. The Morgan fingerprint density at radius 3 is 2.44 bits per heavy atom. The van der Waals surface area contributed by atoms with E-state index in [-0.39, 0.29) is 4.90 Å². The van der Waals surface area contributed by atoms with E-state index in [4.69, 9.17) is 0 Å². The topological polar surface area (TPSA) is 93.1 Å². The molecular weight excluding hydrogens is 448 g/mol. The zero-order valence-electron chi connectivity index (χ0n) is 19.0. The van der Waals surface area contributed by atoms with Gasteiger partial charge in [-0.15, -0.1) is 0 Å². The number of urea groups is 1. The second-order valence-corrected chi connectivity index (χ2v) is 9.73. The van der Waals surface area contributed by atoms with E-state index < -0.39 is 22.1 Å². The van der Waals surface area contributed by atoms with Crippen molar-refractivity contribution in [2.45, 2.75) is 31.2 Å². The molecule has 1 heterocycles. The lowest BCUT2D eigenvalue weighted by atomic mass is 10.1. The van der Waals surface area contributed by atoms with Gasteiger partial charge in [0.25, 0.3) is 10.0 Å². The molecule has 2 N–H and O–H groups in total. The third-order valence-electron chi connectivity index (χ3n) is 5.46. The van der Waals surface area contributed by atoms with Gasteiger partial charge in [0, 0.05) is 18.1 Å². The highest BCUT2D eigenvalue weighted by Gasteiger charge is 2.25. The summed E-state index contributed by atoms with van der Waals surface area (Å²) in [5.41, 5.74) is 3.53. The molecule has 174 valence electrons. The lowest BCUT2D eigenvalue weighted by Crippen LogP contribution is -2.42. The molecule has 4 aromatic rings. The van der Waals surface area contributed by atoms with Crippen molar-refractivity contribution in [3.63, 3.8) is 0 Å². The van der Waals surface area contributed by atoms with E-state index >= 15 is 0 Å². The zero-order valence-corrected chi connectivity index (χ0v) is 19.8. The quantitative estimate of drug-likeness (QED) is 0.414.